The van der Waals surface area contributed by atoms with Crippen molar-refractivity contribution >= 4 is 15.9 Å². The predicted molar refractivity (Wildman–Crippen MR) is 105 cm³/mol. The first-order valence-electron chi connectivity index (χ1n) is 9.10. The number of carbonyl (C=O) groups is 1. The monoisotopic (exact) mass is 414 g/mol. The van der Waals surface area contributed by atoms with Crippen LogP contribution in [-0.2, 0) is 10.0 Å². The number of piperazine rings is 1. The zero-order valence-electron chi connectivity index (χ0n) is 15.5. The summed E-state index contributed by atoms with van der Waals surface area (Å²) < 4.78 is 41.7. The molecule has 1 amide bonds. The maximum absolute atomic E-state index is 13.4. The van der Waals surface area contributed by atoms with E-state index in [0.717, 1.165) is 11.8 Å². The van der Waals surface area contributed by atoms with E-state index in [1.807, 2.05) is 30.3 Å². The molecule has 1 saturated heterocycles. The SMILES string of the molecule is O=C(c1cnn(-c2ccccc2)c1)N1CCN(S(=O)(=O)c2cccc(F)c2)CC1. The zero-order valence-corrected chi connectivity index (χ0v) is 16.3. The van der Waals surface area contributed by atoms with E-state index in [2.05, 4.69) is 5.10 Å². The predicted octanol–water partition coefficient (Wildman–Crippen LogP) is 2.16. The number of benzene rings is 2. The van der Waals surface area contributed by atoms with Crippen LogP contribution in [0.25, 0.3) is 5.69 Å². The second-order valence-corrected chi connectivity index (χ2v) is 8.60. The molecular formula is C20H19FN4O3S. The number of nitrogens with zero attached hydrogens (tertiary/aromatic N) is 4. The van der Waals surface area contributed by atoms with Crippen LogP contribution in [0.1, 0.15) is 10.4 Å². The Balaban J connectivity index is 1.43. The minimum Gasteiger partial charge on any atom is -0.336 e. The van der Waals surface area contributed by atoms with E-state index in [4.69, 9.17) is 0 Å². The van der Waals surface area contributed by atoms with Crippen LogP contribution < -0.4 is 0 Å². The summed E-state index contributed by atoms with van der Waals surface area (Å²) in [6, 6.07) is 14.4. The number of amides is 1. The van der Waals surface area contributed by atoms with E-state index in [1.54, 1.807) is 15.8 Å². The van der Waals surface area contributed by atoms with Crippen molar-refractivity contribution in [1.82, 2.24) is 19.0 Å². The molecule has 4 rings (SSSR count). The minimum atomic E-state index is -3.79. The average Bonchev–Trinajstić information content (AvgIpc) is 3.24. The van der Waals surface area contributed by atoms with E-state index in [1.165, 1.54) is 28.7 Å². The van der Waals surface area contributed by atoms with Gasteiger partial charge in [-0.05, 0) is 30.3 Å². The van der Waals surface area contributed by atoms with Crippen molar-refractivity contribution in [2.75, 3.05) is 26.2 Å². The normalized spacial score (nSPS) is 15.4. The molecule has 29 heavy (non-hydrogen) atoms. The maximum Gasteiger partial charge on any atom is 0.257 e. The number of hydrogen-bond acceptors (Lipinski definition) is 4. The van der Waals surface area contributed by atoms with Gasteiger partial charge in [-0.15, -0.1) is 0 Å². The molecule has 0 atom stereocenters. The van der Waals surface area contributed by atoms with E-state index < -0.39 is 15.8 Å². The molecule has 2 aromatic carbocycles. The van der Waals surface area contributed by atoms with Crippen LogP contribution in [0.5, 0.6) is 0 Å². The first kappa shape index (κ1) is 19.3. The molecule has 150 valence electrons. The average molecular weight is 414 g/mol. The maximum atomic E-state index is 13.4. The molecule has 9 heteroatoms. The van der Waals surface area contributed by atoms with E-state index in [-0.39, 0.29) is 37.0 Å². The fraction of sp³-hybridized carbons (Fsp3) is 0.200. The summed E-state index contributed by atoms with van der Waals surface area (Å²) in [6.45, 7) is 0.808. The highest BCUT2D eigenvalue weighted by Crippen LogP contribution is 2.19. The lowest BCUT2D eigenvalue weighted by Gasteiger charge is -2.33. The van der Waals surface area contributed by atoms with E-state index in [0.29, 0.717) is 5.56 Å². The first-order valence-corrected chi connectivity index (χ1v) is 10.5. The second-order valence-electron chi connectivity index (χ2n) is 6.66. The lowest BCUT2D eigenvalue weighted by Crippen LogP contribution is -2.50. The van der Waals surface area contributed by atoms with Crippen molar-refractivity contribution in [3.05, 3.63) is 78.4 Å². The topological polar surface area (TPSA) is 75.5 Å². The summed E-state index contributed by atoms with van der Waals surface area (Å²) in [7, 11) is -3.79. The highest BCUT2D eigenvalue weighted by atomic mass is 32.2. The van der Waals surface area contributed by atoms with Crippen LogP contribution in [0, 0.1) is 5.82 Å². The molecule has 2 heterocycles. The highest BCUT2D eigenvalue weighted by molar-refractivity contribution is 7.89. The van der Waals surface area contributed by atoms with Gasteiger partial charge in [0.05, 0.1) is 22.3 Å². The molecule has 0 unspecified atom stereocenters. The number of para-hydroxylation sites is 1. The number of rotatable bonds is 4. The van der Waals surface area contributed by atoms with Gasteiger partial charge in [0.25, 0.3) is 5.91 Å². The first-order chi connectivity index (χ1) is 13.9. The third kappa shape index (κ3) is 3.92. The molecule has 1 aliphatic heterocycles. The molecule has 0 radical (unpaired) electrons. The van der Waals surface area contributed by atoms with Crippen molar-refractivity contribution in [2.45, 2.75) is 4.90 Å². The van der Waals surface area contributed by atoms with Crippen molar-refractivity contribution in [2.24, 2.45) is 0 Å². The van der Waals surface area contributed by atoms with E-state index in [9.17, 15) is 17.6 Å². The van der Waals surface area contributed by atoms with Crippen molar-refractivity contribution in [3.63, 3.8) is 0 Å². The molecule has 7 nitrogen and oxygen atoms in total. The molecule has 0 bridgehead atoms. The summed E-state index contributed by atoms with van der Waals surface area (Å²) >= 11 is 0. The van der Waals surface area contributed by atoms with E-state index >= 15 is 0 Å². The Hall–Kier alpha value is -3.04. The minimum absolute atomic E-state index is 0.0820. The van der Waals surface area contributed by atoms with Crippen LogP contribution in [0.3, 0.4) is 0 Å². The standard InChI is InChI=1S/C20H19FN4O3S/c21-17-5-4-8-19(13-17)29(27,28)24-11-9-23(10-12-24)20(26)16-14-22-25(15-16)18-6-2-1-3-7-18/h1-8,13-15H,9-12H2. The Morgan fingerprint density at radius 1 is 0.966 bits per heavy atom. The van der Waals surface area contributed by atoms with Gasteiger partial charge in [0.2, 0.25) is 10.0 Å². The van der Waals surface area contributed by atoms with Gasteiger partial charge in [-0.3, -0.25) is 4.79 Å². The number of halogens is 1. The Morgan fingerprint density at radius 3 is 2.38 bits per heavy atom. The van der Waals surface area contributed by atoms with Crippen molar-refractivity contribution in [3.8, 4) is 5.69 Å². The van der Waals surface area contributed by atoms with Crippen LogP contribution in [0.2, 0.25) is 0 Å². The molecule has 3 aromatic rings. The summed E-state index contributed by atoms with van der Waals surface area (Å²) in [6.07, 6.45) is 3.17. The number of aromatic nitrogens is 2. The van der Waals surface area contributed by atoms with Crippen LogP contribution in [-0.4, -0.2) is 59.5 Å². The molecular weight excluding hydrogens is 395 g/mol. The largest absolute Gasteiger partial charge is 0.336 e. The van der Waals surface area contributed by atoms with Crippen LogP contribution in [0.4, 0.5) is 4.39 Å². The Kier molecular flexibility index (Phi) is 5.16. The van der Waals surface area contributed by atoms with Gasteiger partial charge < -0.3 is 4.90 Å². The fourth-order valence-electron chi connectivity index (χ4n) is 3.25. The molecule has 1 fully saturated rings. The summed E-state index contributed by atoms with van der Waals surface area (Å²) in [4.78, 5) is 14.3. The third-order valence-electron chi connectivity index (χ3n) is 4.81. The fourth-order valence-corrected chi connectivity index (χ4v) is 4.70. The van der Waals surface area contributed by atoms with Gasteiger partial charge in [-0.25, -0.2) is 17.5 Å². The lowest BCUT2D eigenvalue weighted by atomic mass is 10.2. The molecule has 0 aliphatic carbocycles. The summed E-state index contributed by atoms with van der Waals surface area (Å²) in [5.41, 5.74) is 1.29. The summed E-state index contributed by atoms with van der Waals surface area (Å²) in [5, 5.41) is 4.23. The van der Waals surface area contributed by atoms with Gasteiger partial charge in [0.15, 0.2) is 0 Å². The smallest absolute Gasteiger partial charge is 0.257 e. The third-order valence-corrected chi connectivity index (χ3v) is 6.70. The number of carbonyl (C=O) groups excluding carboxylic acids is 1. The van der Waals surface area contributed by atoms with Crippen molar-refractivity contribution < 1.29 is 17.6 Å². The van der Waals surface area contributed by atoms with Gasteiger partial charge >= 0.3 is 0 Å². The second kappa shape index (κ2) is 7.76. The Morgan fingerprint density at radius 2 is 1.69 bits per heavy atom. The molecule has 0 spiro atoms. The Bertz CT molecular complexity index is 1120. The number of sulfonamides is 1. The van der Waals surface area contributed by atoms with Gasteiger partial charge in [0, 0.05) is 32.4 Å². The van der Waals surface area contributed by atoms with Crippen LogP contribution in [0.15, 0.2) is 71.9 Å². The van der Waals surface area contributed by atoms with Crippen molar-refractivity contribution in [1.29, 1.82) is 0 Å². The quantitative estimate of drug-likeness (QED) is 0.656. The zero-order chi connectivity index (χ0) is 20.4. The molecule has 1 aliphatic rings. The van der Waals surface area contributed by atoms with Gasteiger partial charge in [-0.2, -0.15) is 9.40 Å². The van der Waals surface area contributed by atoms with Gasteiger partial charge in [-0.1, -0.05) is 24.3 Å². The van der Waals surface area contributed by atoms with Crippen LogP contribution >= 0.6 is 0 Å². The lowest BCUT2D eigenvalue weighted by molar-refractivity contribution is 0.0698. The highest BCUT2D eigenvalue weighted by Gasteiger charge is 2.31. The molecule has 0 N–H and O–H groups in total. The number of hydrogen-bond donors (Lipinski definition) is 0. The molecule has 1 aromatic heterocycles. The Labute approximate surface area is 168 Å². The summed E-state index contributed by atoms with van der Waals surface area (Å²) in [5.74, 6) is -0.801. The van der Waals surface area contributed by atoms with Gasteiger partial charge in [0.1, 0.15) is 5.82 Å². The molecule has 0 saturated carbocycles.